The number of hydrogen-bond donors (Lipinski definition) is 1. The van der Waals surface area contributed by atoms with Crippen LogP contribution in [-0.2, 0) is 4.79 Å². The van der Waals surface area contributed by atoms with Gasteiger partial charge in [-0.15, -0.1) is 5.10 Å². The minimum Gasteiger partial charge on any atom is -0.325 e. The Morgan fingerprint density at radius 1 is 1.45 bits per heavy atom. The van der Waals surface area contributed by atoms with Crippen LogP contribution in [0.25, 0.3) is 0 Å². The van der Waals surface area contributed by atoms with Crippen LogP contribution in [0.3, 0.4) is 0 Å². The molecule has 2 rings (SSSR count). The van der Waals surface area contributed by atoms with Gasteiger partial charge in [0.15, 0.2) is 0 Å². The van der Waals surface area contributed by atoms with Crippen LogP contribution in [0.5, 0.6) is 0 Å². The molecule has 0 fully saturated rings. The van der Waals surface area contributed by atoms with Crippen LogP contribution in [0.4, 0.5) is 5.69 Å². The maximum absolute atomic E-state index is 11.9. The second kappa shape index (κ2) is 6.51. The first-order valence-corrected chi connectivity index (χ1v) is 7.32. The summed E-state index contributed by atoms with van der Waals surface area (Å²) in [5.74, 6) is 0.208. The van der Waals surface area contributed by atoms with Crippen LogP contribution in [0.2, 0.25) is 0 Å². The highest BCUT2D eigenvalue weighted by Crippen LogP contribution is 2.18. The number of hydrogen-bond acceptors (Lipinski definition) is 5. The number of benzene rings is 1. The fourth-order valence-electron chi connectivity index (χ4n) is 1.65. The van der Waals surface area contributed by atoms with Crippen molar-refractivity contribution in [2.24, 2.45) is 0 Å². The van der Waals surface area contributed by atoms with Crippen molar-refractivity contribution < 1.29 is 4.79 Å². The predicted molar refractivity (Wildman–Crippen MR) is 78.7 cm³/mol. The first-order valence-electron chi connectivity index (χ1n) is 6.33. The lowest BCUT2D eigenvalue weighted by Crippen LogP contribution is -2.15. The van der Waals surface area contributed by atoms with E-state index in [1.807, 2.05) is 45.0 Å². The van der Waals surface area contributed by atoms with Crippen molar-refractivity contribution in [3.8, 4) is 0 Å². The second-order valence-corrected chi connectivity index (χ2v) is 5.65. The smallest absolute Gasteiger partial charge is 0.234 e. The number of tetrazole rings is 1. The summed E-state index contributed by atoms with van der Waals surface area (Å²) in [6, 6.07) is 7.87. The third-order valence-corrected chi connectivity index (χ3v) is 3.52. The molecule has 0 aliphatic heterocycles. The molecule has 7 heteroatoms. The quantitative estimate of drug-likeness (QED) is 0.856. The molecular formula is C13H17N5OS. The van der Waals surface area contributed by atoms with Gasteiger partial charge in [-0.1, -0.05) is 23.9 Å². The van der Waals surface area contributed by atoms with Crippen LogP contribution in [0.1, 0.15) is 25.5 Å². The SMILES string of the molecule is Cc1cccc(NC(=O)CSc2nnnn2C(C)C)c1. The normalized spacial score (nSPS) is 10.8. The molecule has 0 bridgehead atoms. The number of rotatable bonds is 5. The fourth-order valence-corrected chi connectivity index (χ4v) is 2.46. The largest absolute Gasteiger partial charge is 0.325 e. The summed E-state index contributed by atoms with van der Waals surface area (Å²) in [4.78, 5) is 11.9. The number of aryl methyl sites for hydroxylation is 1. The highest BCUT2D eigenvalue weighted by Gasteiger charge is 2.12. The van der Waals surface area contributed by atoms with E-state index < -0.39 is 0 Å². The lowest BCUT2D eigenvalue weighted by molar-refractivity contribution is -0.113. The van der Waals surface area contributed by atoms with E-state index in [2.05, 4.69) is 20.8 Å². The van der Waals surface area contributed by atoms with Crippen molar-refractivity contribution in [2.45, 2.75) is 32.0 Å². The third kappa shape index (κ3) is 3.80. The molecule has 0 radical (unpaired) electrons. The Morgan fingerprint density at radius 2 is 2.25 bits per heavy atom. The van der Waals surface area contributed by atoms with E-state index in [0.717, 1.165) is 11.3 Å². The number of aromatic nitrogens is 4. The minimum atomic E-state index is -0.0705. The Kier molecular flexibility index (Phi) is 4.73. The highest BCUT2D eigenvalue weighted by molar-refractivity contribution is 7.99. The molecule has 2 aromatic rings. The molecule has 0 saturated carbocycles. The first-order chi connectivity index (χ1) is 9.56. The maximum Gasteiger partial charge on any atom is 0.234 e. The summed E-state index contributed by atoms with van der Waals surface area (Å²) in [5, 5.41) is 14.9. The van der Waals surface area contributed by atoms with Gasteiger partial charge in [-0.3, -0.25) is 4.79 Å². The topological polar surface area (TPSA) is 72.7 Å². The number of amides is 1. The van der Waals surface area contributed by atoms with Crippen LogP contribution < -0.4 is 5.32 Å². The van der Waals surface area contributed by atoms with Gasteiger partial charge in [-0.25, -0.2) is 4.68 Å². The van der Waals surface area contributed by atoms with E-state index in [1.165, 1.54) is 11.8 Å². The van der Waals surface area contributed by atoms with Crippen LogP contribution in [0, 0.1) is 6.92 Å². The summed E-state index contributed by atoms with van der Waals surface area (Å²) in [5.41, 5.74) is 1.92. The van der Waals surface area contributed by atoms with Gasteiger partial charge in [0.25, 0.3) is 0 Å². The fraction of sp³-hybridized carbons (Fsp3) is 0.385. The number of nitrogens with zero attached hydrogens (tertiary/aromatic N) is 4. The predicted octanol–water partition coefficient (Wildman–Crippen LogP) is 2.29. The lowest BCUT2D eigenvalue weighted by atomic mass is 10.2. The molecule has 0 aliphatic carbocycles. The monoisotopic (exact) mass is 291 g/mol. The molecule has 1 N–H and O–H groups in total. The molecule has 0 unspecified atom stereocenters. The molecule has 0 saturated heterocycles. The molecule has 0 atom stereocenters. The second-order valence-electron chi connectivity index (χ2n) is 4.71. The molecule has 1 aromatic carbocycles. The van der Waals surface area contributed by atoms with Gasteiger partial charge in [-0.05, 0) is 48.9 Å². The zero-order valence-electron chi connectivity index (χ0n) is 11.7. The van der Waals surface area contributed by atoms with E-state index in [4.69, 9.17) is 0 Å². The van der Waals surface area contributed by atoms with Crippen molar-refractivity contribution in [1.29, 1.82) is 0 Å². The average molecular weight is 291 g/mol. The highest BCUT2D eigenvalue weighted by atomic mass is 32.2. The summed E-state index contributed by atoms with van der Waals surface area (Å²) in [7, 11) is 0. The van der Waals surface area contributed by atoms with Gasteiger partial charge in [0.05, 0.1) is 11.8 Å². The summed E-state index contributed by atoms with van der Waals surface area (Å²) in [6.45, 7) is 5.97. The Balaban J connectivity index is 1.91. The van der Waals surface area contributed by atoms with Crippen molar-refractivity contribution in [2.75, 3.05) is 11.1 Å². The zero-order valence-corrected chi connectivity index (χ0v) is 12.5. The molecule has 6 nitrogen and oxygen atoms in total. The summed E-state index contributed by atoms with van der Waals surface area (Å²) in [6.07, 6.45) is 0. The van der Waals surface area contributed by atoms with E-state index in [0.29, 0.717) is 5.16 Å². The van der Waals surface area contributed by atoms with Crippen molar-refractivity contribution in [1.82, 2.24) is 20.2 Å². The average Bonchev–Trinajstić information content (AvgIpc) is 2.85. The van der Waals surface area contributed by atoms with Crippen molar-refractivity contribution in [3.05, 3.63) is 29.8 Å². The van der Waals surface area contributed by atoms with Gasteiger partial charge in [0.2, 0.25) is 11.1 Å². The standard InChI is InChI=1S/C13H17N5OS/c1-9(2)18-13(15-16-17-18)20-8-12(19)14-11-6-4-5-10(3)7-11/h4-7,9H,8H2,1-3H3,(H,14,19). The molecule has 0 spiro atoms. The van der Waals surface area contributed by atoms with Gasteiger partial charge >= 0.3 is 0 Å². The molecule has 1 aromatic heterocycles. The van der Waals surface area contributed by atoms with E-state index >= 15 is 0 Å². The van der Waals surface area contributed by atoms with Gasteiger partial charge < -0.3 is 5.32 Å². The van der Waals surface area contributed by atoms with E-state index in [9.17, 15) is 4.79 Å². The van der Waals surface area contributed by atoms with E-state index in [1.54, 1.807) is 4.68 Å². The summed E-state index contributed by atoms with van der Waals surface area (Å²) < 4.78 is 1.70. The Hall–Kier alpha value is -1.89. The number of carbonyl (C=O) groups excluding carboxylic acids is 1. The van der Waals surface area contributed by atoms with Crippen LogP contribution >= 0.6 is 11.8 Å². The lowest BCUT2D eigenvalue weighted by Gasteiger charge is -2.08. The van der Waals surface area contributed by atoms with Gasteiger partial charge in [0.1, 0.15) is 0 Å². The van der Waals surface area contributed by atoms with Gasteiger partial charge in [0, 0.05) is 5.69 Å². The number of carbonyl (C=O) groups is 1. The van der Waals surface area contributed by atoms with Crippen LogP contribution in [-0.4, -0.2) is 31.9 Å². The van der Waals surface area contributed by atoms with E-state index in [-0.39, 0.29) is 17.7 Å². The zero-order chi connectivity index (χ0) is 14.5. The number of thioether (sulfide) groups is 1. The molecular weight excluding hydrogens is 274 g/mol. The number of anilines is 1. The first kappa shape index (κ1) is 14.5. The van der Waals surface area contributed by atoms with Gasteiger partial charge in [-0.2, -0.15) is 0 Å². The summed E-state index contributed by atoms with van der Waals surface area (Å²) >= 11 is 1.33. The molecule has 106 valence electrons. The molecule has 1 amide bonds. The molecule has 0 aliphatic rings. The number of nitrogens with one attached hydrogen (secondary N) is 1. The van der Waals surface area contributed by atoms with Crippen molar-refractivity contribution in [3.63, 3.8) is 0 Å². The minimum absolute atomic E-state index is 0.0705. The Bertz CT molecular complexity index is 596. The Morgan fingerprint density at radius 3 is 2.95 bits per heavy atom. The molecule has 1 heterocycles. The van der Waals surface area contributed by atoms with Crippen LogP contribution in [0.15, 0.2) is 29.4 Å². The Labute approximate surface area is 121 Å². The third-order valence-electron chi connectivity index (χ3n) is 2.59. The molecule has 20 heavy (non-hydrogen) atoms. The maximum atomic E-state index is 11.9. The van der Waals surface area contributed by atoms with Crippen molar-refractivity contribution >= 4 is 23.4 Å².